The molecule has 0 unspecified atom stereocenters. The largest absolute Gasteiger partial charge is 0.444 e. The van der Waals surface area contributed by atoms with E-state index in [0.717, 1.165) is 11.3 Å². The number of ether oxygens (including phenoxy) is 1. The van der Waals surface area contributed by atoms with Gasteiger partial charge >= 0.3 is 6.09 Å². The molecule has 6 nitrogen and oxygen atoms in total. The molecule has 1 aromatic heterocycles. The molecular formula is C19H25ClN4O2. The van der Waals surface area contributed by atoms with Gasteiger partial charge in [-0.1, -0.05) is 18.2 Å². The topological polar surface area (TPSA) is 76.1 Å². The third kappa shape index (κ3) is 5.88. The first-order chi connectivity index (χ1) is 12.2. The van der Waals surface area contributed by atoms with Gasteiger partial charge in [-0.25, -0.2) is 4.79 Å². The first-order valence-electron chi connectivity index (χ1n) is 8.40. The molecule has 0 radical (unpaired) electrons. The van der Waals surface area contributed by atoms with Gasteiger partial charge in [-0.2, -0.15) is 5.10 Å². The lowest BCUT2D eigenvalue weighted by Gasteiger charge is -2.19. The molecule has 0 atom stereocenters. The molecule has 0 aliphatic carbocycles. The number of halogens is 1. The quantitative estimate of drug-likeness (QED) is 0.733. The molecule has 2 aromatic rings. The number of aryl methyl sites for hydroxylation is 2. The SMILES string of the molecule is Cc1ccc(CNc2cc(NC(=O)OC(C)(C)C)nnc2CCl)cc1C. The summed E-state index contributed by atoms with van der Waals surface area (Å²) in [6, 6.07) is 8.01. The fourth-order valence-corrected chi connectivity index (χ4v) is 2.45. The Kier molecular flexibility index (Phi) is 6.42. The molecule has 0 fully saturated rings. The first kappa shape index (κ1) is 20.0. The first-order valence-corrected chi connectivity index (χ1v) is 8.94. The average Bonchev–Trinajstić information content (AvgIpc) is 2.54. The number of aromatic nitrogens is 2. The predicted octanol–water partition coefficient (Wildman–Crippen LogP) is 4.79. The molecule has 2 N–H and O–H groups in total. The molecule has 1 aromatic carbocycles. The third-order valence-electron chi connectivity index (χ3n) is 3.68. The number of anilines is 2. The van der Waals surface area contributed by atoms with E-state index in [1.807, 2.05) is 0 Å². The maximum atomic E-state index is 11.9. The van der Waals surface area contributed by atoms with Crippen molar-refractivity contribution in [3.8, 4) is 0 Å². The molecule has 0 spiro atoms. The van der Waals surface area contributed by atoms with E-state index in [0.29, 0.717) is 18.1 Å². The molecule has 0 bridgehead atoms. The van der Waals surface area contributed by atoms with Gasteiger partial charge in [0, 0.05) is 12.6 Å². The van der Waals surface area contributed by atoms with E-state index in [9.17, 15) is 4.79 Å². The Morgan fingerprint density at radius 3 is 2.50 bits per heavy atom. The van der Waals surface area contributed by atoms with Gasteiger partial charge in [-0.3, -0.25) is 5.32 Å². The molecular weight excluding hydrogens is 352 g/mol. The lowest BCUT2D eigenvalue weighted by atomic mass is 10.1. The zero-order valence-corrected chi connectivity index (χ0v) is 16.6. The highest BCUT2D eigenvalue weighted by molar-refractivity contribution is 6.17. The van der Waals surface area contributed by atoms with Crippen molar-refractivity contribution in [1.82, 2.24) is 10.2 Å². The highest BCUT2D eigenvalue weighted by atomic mass is 35.5. The van der Waals surface area contributed by atoms with Gasteiger partial charge in [-0.05, 0) is 51.3 Å². The van der Waals surface area contributed by atoms with Gasteiger partial charge < -0.3 is 10.1 Å². The Hall–Kier alpha value is -2.34. The second-order valence-electron chi connectivity index (χ2n) is 7.12. The van der Waals surface area contributed by atoms with Gasteiger partial charge in [-0.15, -0.1) is 16.7 Å². The van der Waals surface area contributed by atoms with Crippen molar-refractivity contribution < 1.29 is 9.53 Å². The number of alkyl halides is 1. The van der Waals surface area contributed by atoms with Crippen LogP contribution in [-0.4, -0.2) is 21.9 Å². The molecule has 140 valence electrons. The Balaban J connectivity index is 2.11. The van der Waals surface area contributed by atoms with Crippen LogP contribution in [0.2, 0.25) is 0 Å². The molecule has 7 heteroatoms. The van der Waals surface area contributed by atoms with Crippen molar-refractivity contribution in [3.63, 3.8) is 0 Å². The summed E-state index contributed by atoms with van der Waals surface area (Å²) in [5.41, 5.74) is 4.39. The van der Waals surface area contributed by atoms with Crippen molar-refractivity contribution in [2.75, 3.05) is 10.6 Å². The van der Waals surface area contributed by atoms with Crippen LogP contribution >= 0.6 is 11.6 Å². The van der Waals surface area contributed by atoms with Crippen molar-refractivity contribution in [1.29, 1.82) is 0 Å². The predicted molar refractivity (Wildman–Crippen MR) is 105 cm³/mol. The maximum Gasteiger partial charge on any atom is 0.413 e. The van der Waals surface area contributed by atoms with Crippen LogP contribution in [0.4, 0.5) is 16.3 Å². The highest BCUT2D eigenvalue weighted by Gasteiger charge is 2.17. The van der Waals surface area contributed by atoms with E-state index in [1.54, 1.807) is 26.8 Å². The van der Waals surface area contributed by atoms with E-state index in [-0.39, 0.29) is 5.88 Å². The van der Waals surface area contributed by atoms with Gasteiger partial charge in [0.25, 0.3) is 0 Å². The fraction of sp³-hybridized carbons (Fsp3) is 0.421. The lowest BCUT2D eigenvalue weighted by Crippen LogP contribution is -2.27. The Bertz CT molecular complexity index is 788. The van der Waals surface area contributed by atoms with Gasteiger partial charge in [0.2, 0.25) is 0 Å². The third-order valence-corrected chi connectivity index (χ3v) is 3.93. The summed E-state index contributed by atoms with van der Waals surface area (Å²) >= 11 is 5.95. The van der Waals surface area contributed by atoms with Crippen LogP contribution in [0.1, 0.15) is 43.2 Å². The van der Waals surface area contributed by atoms with Gasteiger partial charge in [0.05, 0.1) is 11.6 Å². The number of nitrogens with one attached hydrogen (secondary N) is 2. The monoisotopic (exact) mass is 376 g/mol. The molecule has 0 saturated carbocycles. The summed E-state index contributed by atoms with van der Waals surface area (Å²) in [6.45, 7) is 10.2. The molecule has 0 saturated heterocycles. The van der Waals surface area contributed by atoms with Crippen molar-refractivity contribution in [3.05, 3.63) is 46.6 Å². The Morgan fingerprint density at radius 2 is 1.88 bits per heavy atom. The molecule has 2 rings (SSSR count). The summed E-state index contributed by atoms with van der Waals surface area (Å²) in [5.74, 6) is 0.519. The normalized spacial score (nSPS) is 11.2. The van der Waals surface area contributed by atoms with Crippen LogP contribution in [-0.2, 0) is 17.2 Å². The number of carbonyl (C=O) groups excluding carboxylic acids is 1. The number of rotatable bonds is 5. The summed E-state index contributed by atoms with van der Waals surface area (Å²) in [7, 11) is 0. The number of nitrogens with zero attached hydrogens (tertiary/aromatic N) is 2. The summed E-state index contributed by atoms with van der Waals surface area (Å²) in [6.07, 6.45) is -0.578. The molecule has 1 amide bonds. The van der Waals surface area contributed by atoms with Crippen LogP contribution in [0.25, 0.3) is 0 Å². The second-order valence-corrected chi connectivity index (χ2v) is 7.39. The highest BCUT2D eigenvalue weighted by Crippen LogP contribution is 2.20. The number of hydrogen-bond donors (Lipinski definition) is 2. The van der Waals surface area contributed by atoms with E-state index < -0.39 is 11.7 Å². The standard InChI is InChI=1S/C19H25ClN4O2/c1-12-6-7-14(8-13(12)2)11-21-15-9-17(24-23-16(15)10-20)22-18(25)26-19(3,4)5/h6-9H,10-11H2,1-5H3,(H2,21,22,24,25). The molecule has 26 heavy (non-hydrogen) atoms. The zero-order valence-electron chi connectivity index (χ0n) is 15.8. The van der Waals surface area contributed by atoms with Crippen LogP contribution in [0.5, 0.6) is 0 Å². The van der Waals surface area contributed by atoms with Crippen molar-refractivity contribution in [2.45, 2.75) is 52.6 Å². The average molecular weight is 377 g/mol. The minimum Gasteiger partial charge on any atom is -0.444 e. The maximum absolute atomic E-state index is 11.9. The van der Waals surface area contributed by atoms with E-state index in [4.69, 9.17) is 16.3 Å². The van der Waals surface area contributed by atoms with Gasteiger partial charge in [0.1, 0.15) is 11.3 Å². The van der Waals surface area contributed by atoms with Crippen LogP contribution in [0.15, 0.2) is 24.3 Å². The van der Waals surface area contributed by atoms with Crippen LogP contribution < -0.4 is 10.6 Å². The molecule has 1 heterocycles. The lowest BCUT2D eigenvalue weighted by molar-refractivity contribution is 0.0635. The van der Waals surface area contributed by atoms with Crippen molar-refractivity contribution >= 4 is 29.2 Å². The number of hydrogen-bond acceptors (Lipinski definition) is 5. The minimum absolute atomic E-state index is 0.217. The number of amides is 1. The summed E-state index contributed by atoms with van der Waals surface area (Å²) < 4.78 is 5.23. The second kappa shape index (κ2) is 8.36. The van der Waals surface area contributed by atoms with Crippen LogP contribution in [0.3, 0.4) is 0 Å². The molecule has 0 aliphatic rings. The van der Waals surface area contributed by atoms with Gasteiger partial charge in [0.15, 0.2) is 5.82 Å². The van der Waals surface area contributed by atoms with Crippen LogP contribution in [0, 0.1) is 13.8 Å². The van der Waals surface area contributed by atoms with Crippen molar-refractivity contribution in [2.24, 2.45) is 0 Å². The fourth-order valence-electron chi connectivity index (χ4n) is 2.25. The minimum atomic E-state index is -0.585. The number of carbonyl (C=O) groups is 1. The Labute approximate surface area is 159 Å². The van der Waals surface area contributed by atoms with E-state index in [2.05, 4.69) is 52.9 Å². The summed E-state index contributed by atoms with van der Waals surface area (Å²) in [4.78, 5) is 11.9. The summed E-state index contributed by atoms with van der Waals surface area (Å²) in [5, 5.41) is 13.9. The Morgan fingerprint density at radius 1 is 1.15 bits per heavy atom. The number of benzene rings is 1. The molecule has 0 aliphatic heterocycles. The van der Waals surface area contributed by atoms with E-state index >= 15 is 0 Å². The van der Waals surface area contributed by atoms with E-state index in [1.165, 1.54) is 11.1 Å². The zero-order chi connectivity index (χ0) is 19.3. The smallest absolute Gasteiger partial charge is 0.413 e.